The molecular formula is C25H33FO4Si. The average Bonchev–Trinajstić information content (AvgIpc) is 3.19. The summed E-state index contributed by atoms with van der Waals surface area (Å²) < 4.78 is 38.9. The van der Waals surface area contributed by atoms with Gasteiger partial charge >= 0.3 is 0 Å². The molecule has 4 atom stereocenters. The van der Waals surface area contributed by atoms with E-state index in [1.54, 1.807) is 0 Å². The van der Waals surface area contributed by atoms with Crippen molar-refractivity contribution in [2.75, 3.05) is 13.3 Å². The molecule has 1 unspecified atom stereocenters. The molecular weight excluding hydrogens is 411 g/mol. The minimum atomic E-state index is -2.71. The van der Waals surface area contributed by atoms with Crippen molar-refractivity contribution in [2.45, 2.75) is 63.9 Å². The van der Waals surface area contributed by atoms with E-state index in [1.165, 1.54) is 10.4 Å². The maximum atomic E-state index is 14.1. The lowest BCUT2D eigenvalue weighted by molar-refractivity contribution is -0.213. The van der Waals surface area contributed by atoms with Crippen LogP contribution < -0.4 is 10.4 Å². The monoisotopic (exact) mass is 444 g/mol. The Kier molecular flexibility index (Phi) is 6.13. The summed E-state index contributed by atoms with van der Waals surface area (Å²) >= 11 is 0. The van der Waals surface area contributed by atoms with Crippen LogP contribution in [0.1, 0.15) is 34.6 Å². The molecule has 0 radical (unpaired) electrons. The van der Waals surface area contributed by atoms with Crippen LogP contribution in [0.4, 0.5) is 4.39 Å². The minimum absolute atomic E-state index is 0.148. The summed E-state index contributed by atoms with van der Waals surface area (Å²) in [4.78, 5) is 0. The van der Waals surface area contributed by atoms with Crippen molar-refractivity contribution >= 4 is 18.7 Å². The predicted octanol–water partition coefficient (Wildman–Crippen LogP) is 4.03. The minimum Gasteiger partial charge on any atom is -0.405 e. The Morgan fingerprint density at radius 2 is 1.48 bits per heavy atom. The molecule has 0 aromatic heterocycles. The van der Waals surface area contributed by atoms with Gasteiger partial charge in [0, 0.05) is 5.92 Å². The summed E-state index contributed by atoms with van der Waals surface area (Å²) in [5, 5.41) is 2.24. The first-order valence-corrected chi connectivity index (χ1v) is 12.9. The summed E-state index contributed by atoms with van der Waals surface area (Å²) in [7, 11) is -2.71. The highest BCUT2D eigenvalue weighted by Gasteiger charge is 2.56. The van der Waals surface area contributed by atoms with Crippen molar-refractivity contribution in [3.63, 3.8) is 0 Å². The normalized spacial score (nSPS) is 27.9. The SMILES string of the molecule is CC1(C)O[C@H]2OC(CO[Si](c3ccccc3)(c3ccccc3)C(C)(C)C)[C@@H](CF)[C@H]2O1. The average molecular weight is 445 g/mol. The molecule has 6 heteroatoms. The quantitative estimate of drug-likeness (QED) is 0.631. The third-order valence-corrected chi connectivity index (χ3v) is 11.4. The van der Waals surface area contributed by atoms with Crippen molar-refractivity contribution in [3.8, 4) is 0 Å². The zero-order chi connectivity index (χ0) is 22.3. The third kappa shape index (κ3) is 4.12. The van der Waals surface area contributed by atoms with E-state index in [0.717, 1.165) is 0 Å². The Morgan fingerprint density at radius 1 is 0.935 bits per heavy atom. The van der Waals surface area contributed by atoms with Crippen LogP contribution in [0.25, 0.3) is 0 Å². The Bertz CT molecular complexity index is 829. The van der Waals surface area contributed by atoms with Crippen molar-refractivity contribution < 1.29 is 23.0 Å². The van der Waals surface area contributed by atoms with Crippen LogP contribution in [-0.2, 0) is 18.6 Å². The molecule has 31 heavy (non-hydrogen) atoms. The fraction of sp³-hybridized carbons (Fsp3) is 0.520. The van der Waals surface area contributed by atoms with Gasteiger partial charge in [-0.3, -0.25) is 4.39 Å². The Morgan fingerprint density at radius 3 is 1.97 bits per heavy atom. The number of hydrogen-bond donors (Lipinski definition) is 0. The van der Waals surface area contributed by atoms with Gasteiger partial charge in [-0.1, -0.05) is 81.4 Å². The standard InChI is InChI=1S/C25H33FO4Si/c1-24(2,3)31(18-12-8-6-9-13-18,19-14-10-7-11-15-19)27-17-21-20(16-26)22-23(28-21)30-25(4,5)29-22/h6-15,20-23H,16-17H2,1-5H3/t20-,21?,22-,23-/m1/s1. The maximum absolute atomic E-state index is 14.1. The summed E-state index contributed by atoms with van der Waals surface area (Å²) in [6.07, 6.45) is -1.38. The molecule has 0 N–H and O–H groups in total. The Balaban J connectivity index is 1.67. The van der Waals surface area contributed by atoms with E-state index < -0.39 is 45.2 Å². The zero-order valence-electron chi connectivity index (χ0n) is 19.0. The number of benzene rings is 2. The van der Waals surface area contributed by atoms with E-state index in [2.05, 4.69) is 69.3 Å². The molecule has 0 saturated carbocycles. The highest BCUT2D eigenvalue weighted by molar-refractivity contribution is 6.99. The van der Waals surface area contributed by atoms with Crippen LogP contribution in [0.5, 0.6) is 0 Å². The second-order valence-electron chi connectivity index (χ2n) is 9.94. The lowest BCUT2D eigenvalue weighted by Crippen LogP contribution is -2.67. The van der Waals surface area contributed by atoms with Gasteiger partial charge in [-0.25, -0.2) is 0 Å². The van der Waals surface area contributed by atoms with E-state index in [4.69, 9.17) is 18.6 Å². The highest BCUT2D eigenvalue weighted by atomic mass is 28.4. The van der Waals surface area contributed by atoms with Gasteiger partial charge in [-0.05, 0) is 29.3 Å². The molecule has 0 spiro atoms. The lowest BCUT2D eigenvalue weighted by Gasteiger charge is -2.43. The van der Waals surface area contributed by atoms with Gasteiger partial charge in [0.05, 0.1) is 19.4 Å². The summed E-state index contributed by atoms with van der Waals surface area (Å²) in [5.74, 6) is -1.17. The molecule has 4 rings (SSSR count). The molecule has 2 aromatic rings. The third-order valence-electron chi connectivity index (χ3n) is 6.36. The molecule has 0 amide bonds. The predicted molar refractivity (Wildman–Crippen MR) is 122 cm³/mol. The van der Waals surface area contributed by atoms with Crippen LogP contribution in [0.2, 0.25) is 5.04 Å². The number of alkyl halides is 1. The second kappa shape index (κ2) is 8.41. The smallest absolute Gasteiger partial charge is 0.261 e. The van der Waals surface area contributed by atoms with Gasteiger partial charge in [0.2, 0.25) is 0 Å². The molecule has 0 bridgehead atoms. The summed E-state index contributed by atoms with van der Waals surface area (Å²) in [6, 6.07) is 20.9. The largest absolute Gasteiger partial charge is 0.405 e. The fourth-order valence-corrected chi connectivity index (χ4v) is 9.53. The molecule has 2 saturated heterocycles. The molecule has 2 aliphatic rings. The van der Waals surface area contributed by atoms with Crippen LogP contribution in [0, 0.1) is 5.92 Å². The van der Waals surface area contributed by atoms with E-state index in [-0.39, 0.29) is 5.04 Å². The van der Waals surface area contributed by atoms with Gasteiger partial charge in [0.1, 0.15) is 6.10 Å². The van der Waals surface area contributed by atoms with Crippen LogP contribution in [0.15, 0.2) is 60.7 Å². The summed E-state index contributed by atoms with van der Waals surface area (Å²) in [6.45, 7) is 10.1. The fourth-order valence-electron chi connectivity index (χ4n) is 4.96. The first kappa shape index (κ1) is 22.6. The molecule has 2 aromatic carbocycles. The molecule has 168 valence electrons. The van der Waals surface area contributed by atoms with Gasteiger partial charge in [-0.15, -0.1) is 0 Å². The van der Waals surface area contributed by atoms with Gasteiger partial charge in [0.15, 0.2) is 12.1 Å². The van der Waals surface area contributed by atoms with Crippen LogP contribution >= 0.6 is 0 Å². The van der Waals surface area contributed by atoms with Crippen LogP contribution in [0.3, 0.4) is 0 Å². The number of ether oxygens (including phenoxy) is 3. The number of hydrogen-bond acceptors (Lipinski definition) is 4. The Labute approximate surface area is 185 Å². The molecule has 0 aliphatic carbocycles. The van der Waals surface area contributed by atoms with E-state index in [1.807, 2.05) is 26.0 Å². The van der Waals surface area contributed by atoms with Gasteiger partial charge in [-0.2, -0.15) is 0 Å². The lowest BCUT2D eigenvalue weighted by atomic mass is 10.0. The summed E-state index contributed by atoms with van der Waals surface area (Å²) in [5.41, 5.74) is 0. The van der Waals surface area contributed by atoms with Crippen molar-refractivity contribution in [1.82, 2.24) is 0 Å². The van der Waals surface area contributed by atoms with Crippen LogP contribution in [-0.4, -0.2) is 45.9 Å². The van der Waals surface area contributed by atoms with Gasteiger partial charge < -0.3 is 18.6 Å². The highest BCUT2D eigenvalue weighted by Crippen LogP contribution is 2.42. The molecule has 2 aliphatic heterocycles. The van der Waals surface area contributed by atoms with E-state index in [9.17, 15) is 4.39 Å². The topological polar surface area (TPSA) is 36.9 Å². The first-order chi connectivity index (χ1) is 14.7. The molecule has 2 heterocycles. The number of rotatable bonds is 6. The number of halogens is 1. The molecule has 4 nitrogen and oxygen atoms in total. The van der Waals surface area contributed by atoms with E-state index in [0.29, 0.717) is 6.61 Å². The maximum Gasteiger partial charge on any atom is 0.261 e. The first-order valence-electron chi connectivity index (χ1n) is 11.0. The van der Waals surface area contributed by atoms with Crippen molar-refractivity contribution in [1.29, 1.82) is 0 Å². The van der Waals surface area contributed by atoms with Crippen molar-refractivity contribution in [3.05, 3.63) is 60.7 Å². The van der Waals surface area contributed by atoms with Crippen molar-refractivity contribution in [2.24, 2.45) is 5.92 Å². The Hall–Kier alpha value is -1.57. The zero-order valence-corrected chi connectivity index (χ0v) is 20.0. The molecule has 2 fully saturated rings. The van der Waals surface area contributed by atoms with Gasteiger partial charge in [0.25, 0.3) is 8.32 Å². The number of fused-ring (bicyclic) bond motifs is 1. The van der Waals surface area contributed by atoms with E-state index >= 15 is 0 Å². The second-order valence-corrected chi connectivity index (χ2v) is 14.2.